The zero-order chi connectivity index (χ0) is 22.3. The zero-order valence-electron chi connectivity index (χ0n) is 19.4. The number of hydrogen-bond acceptors (Lipinski definition) is 5. The number of aromatic nitrogens is 2. The number of fused-ring (bicyclic) bond motifs is 1. The van der Waals surface area contributed by atoms with Gasteiger partial charge in [0.05, 0.1) is 17.1 Å². The van der Waals surface area contributed by atoms with Crippen LogP contribution in [0.5, 0.6) is 0 Å². The number of piperidine rings is 1. The van der Waals surface area contributed by atoms with Crippen molar-refractivity contribution in [1.29, 1.82) is 0 Å². The Balaban J connectivity index is 1.61. The number of anilines is 1. The Morgan fingerprint density at radius 3 is 2.65 bits per heavy atom. The number of aromatic amines is 1. The van der Waals surface area contributed by atoms with Crippen molar-refractivity contribution in [2.24, 2.45) is 5.92 Å². The average Bonchev–Trinajstić information content (AvgIpc) is 3.15. The highest BCUT2D eigenvalue weighted by Crippen LogP contribution is 2.30. The third kappa shape index (κ3) is 4.20. The van der Waals surface area contributed by atoms with Crippen LogP contribution in [0.3, 0.4) is 0 Å². The molecule has 3 heterocycles. The smallest absolute Gasteiger partial charge is 0.290 e. The minimum atomic E-state index is -0.350. The predicted molar refractivity (Wildman–Crippen MR) is 124 cm³/mol. The second-order valence-corrected chi connectivity index (χ2v) is 9.43. The first-order valence-electron chi connectivity index (χ1n) is 11.6. The number of carbonyl (C=O) groups excluding carboxylic acids is 2. The van der Waals surface area contributed by atoms with Gasteiger partial charge >= 0.3 is 0 Å². The van der Waals surface area contributed by atoms with Crippen LogP contribution in [0, 0.1) is 12.8 Å². The highest BCUT2D eigenvalue weighted by molar-refractivity contribution is 5.98. The van der Waals surface area contributed by atoms with E-state index in [0.29, 0.717) is 24.3 Å². The van der Waals surface area contributed by atoms with E-state index in [1.54, 1.807) is 11.8 Å². The lowest BCUT2D eigenvalue weighted by molar-refractivity contribution is -0.122. The van der Waals surface area contributed by atoms with E-state index in [1.165, 1.54) is 11.3 Å². The van der Waals surface area contributed by atoms with Crippen molar-refractivity contribution in [2.75, 3.05) is 37.6 Å². The lowest BCUT2D eigenvalue weighted by atomic mass is 9.90. The molecule has 0 aliphatic carbocycles. The molecule has 1 amide bonds. The third-order valence-corrected chi connectivity index (χ3v) is 7.07. The Hall–Kier alpha value is -2.41. The highest BCUT2D eigenvalue weighted by atomic mass is 16.2. The molecule has 0 radical (unpaired) electrons. The number of nitrogens with zero attached hydrogens (tertiary/aromatic N) is 4. The summed E-state index contributed by atoms with van der Waals surface area (Å²) in [6, 6.07) is 4.28. The van der Waals surface area contributed by atoms with Crippen LogP contribution < -0.4 is 4.90 Å². The van der Waals surface area contributed by atoms with E-state index in [1.807, 2.05) is 0 Å². The Labute approximate surface area is 184 Å². The number of H-pyrrole nitrogens is 1. The number of amides is 1. The number of likely N-dealkylation sites (N-methyl/N-ethyl adjacent to an activating group) is 1. The molecule has 2 fully saturated rings. The molecule has 168 valence electrons. The fourth-order valence-corrected chi connectivity index (χ4v) is 5.15. The molecule has 1 aromatic heterocycles. The fourth-order valence-electron chi connectivity index (χ4n) is 5.15. The van der Waals surface area contributed by atoms with E-state index in [0.717, 1.165) is 50.1 Å². The van der Waals surface area contributed by atoms with Crippen LogP contribution in [-0.2, 0) is 4.79 Å². The first kappa shape index (κ1) is 21.8. The fraction of sp³-hybridized carbons (Fsp3) is 0.625. The second-order valence-electron chi connectivity index (χ2n) is 9.43. The summed E-state index contributed by atoms with van der Waals surface area (Å²) in [6.45, 7) is 15.1. The van der Waals surface area contributed by atoms with E-state index in [2.05, 4.69) is 59.6 Å². The molecule has 2 aromatic rings. The van der Waals surface area contributed by atoms with Gasteiger partial charge in [0.1, 0.15) is 0 Å². The summed E-state index contributed by atoms with van der Waals surface area (Å²) < 4.78 is 0. The van der Waals surface area contributed by atoms with Gasteiger partial charge in [-0.1, -0.05) is 13.8 Å². The molecule has 3 atom stereocenters. The van der Waals surface area contributed by atoms with Gasteiger partial charge in [-0.15, -0.1) is 0 Å². The first-order chi connectivity index (χ1) is 14.8. The van der Waals surface area contributed by atoms with E-state index >= 15 is 0 Å². The van der Waals surface area contributed by atoms with Crippen LogP contribution in [0.4, 0.5) is 5.69 Å². The molecule has 2 saturated heterocycles. The van der Waals surface area contributed by atoms with Crippen LogP contribution >= 0.6 is 0 Å². The van der Waals surface area contributed by atoms with Gasteiger partial charge in [-0.3, -0.25) is 14.5 Å². The van der Waals surface area contributed by atoms with Crippen molar-refractivity contribution in [2.45, 2.75) is 59.5 Å². The van der Waals surface area contributed by atoms with Gasteiger partial charge in [0.15, 0.2) is 11.6 Å². The minimum absolute atomic E-state index is 0.0503. The van der Waals surface area contributed by atoms with Crippen LogP contribution in [-0.4, -0.2) is 76.3 Å². The van der Waals surface area contributed by atoms with Crippen LogP contribution in [0.1, 0.15) is 56.7 Å². The van der Waals surface area contributed by atoms with Gasteiger partial charge in [-0.2, -0.15) is 0 Å². The SMILES string of the molecule is CCN1CCN(c2cc3nc(C(=O)N4CCC(C)CC4C(C)=O)[nH]c3cc2C)[C@H](C)C1. The Morgan fingerprint density at radius 1 is 1.19 bits per heavy atom. The number of rotatable bonds is 4. The number of imidazole rings is 1. The normalized spacial score (nSPS) is 25.3. The molecule has 1 N–H and O–H groups in total. The number of hydrogen-bond donors (Lipinski definition) is 1. The lowest BCUT2D eigenvalue weighted by Crippen LogP contribution is -2.52. The van der Waals surface area contributed by atoms with Crippen molar-refractivity contribution in [1.82, 2.24) is 19.8 Å². The van der Waals surface area contributed by atoms with Crippen molar-refractivity contribution in [3.8, 4) is 0 Å². The summed E-state index contributed by atoms with van der Waals surface area (Å²) in [5.41, 5.74) is 4.04. The maximum atomic E-state index is 13.2. The number of nitrogens with one attached hydrogen (secondary N) is 1. The number of benzene rings is 1. The number of carbonyl (C=O) groups is 2. The third-order valence-electron chi connectivity index (χ3n) is 7.07. The Morgan fingerprint density at radius 2 is 1.97 bits per heavy atom. The summed E-state index contributed by atoms with van der Waals surface area (Å²) in [6.07, 6.45) is 1.65. The van der Waals surface area contributed by atoms with Crippen LogP contribution in [0.2, 0.25) is 0 Å². The molecule has 7 heteroatoms. The molecule has 0 bridgehead atoms. The molecule has 2 aliphatic heterocycles. The van der Waals surface area contributed by atoms with E-state index in [4.69, 9.17) is 0 Å². The largest absolute Gasteiger partial charge is 0.366 e. The predicted octanol–water partition coefficient (Wildman–Crippen LogP) is 3.23. The molecule has 7 nitrogen and oxygen atoms in total. The summed E-state index contributed by atoms with van der Waals surface area (Å²) >= 11 is 0. The molecule has 2 unspecified atom stereocenters. The lowest BCUT2D eigenvalue weighted by Gasteiger charge is -2.41. The Bertz CT molecular complexity index is 984. The Kier molecular flexibility index (Phi) is 6.06. The summed E-state index contributed by atoms with van der Waals surface area (Å²) in [7, 11) is 0. The van der Waals surface area contributed by atoms with Gasteiger partial charge < -0.3 is 14.8 Å². The van der Waals surface area contributed by atoms with E-state index in [9.17, 15) is 9.59 Å². The molecular weight excluding hydrogens is 390 g/mol. The van der Waals surface area contributed by atoms with E-state index < -0.39 is 0 Å². The molecule has 0 spiro atoms. The zero-order valence-corrected chi connectivity index (χ0v) is 19.4. The number of Topliss-reactive ketones (excluding diaryl/α,β-unsaturated/α-hetero) is 1. The summed E-state index contributed by atoms with van der Waals surface area (Å²) in [5, 5.41) is 0. The highest BCUT2D eigenvalue weighted by Gasteiger charge is 2.34. The van der Waals surface area contributed by atoms with Gasteiger partial charge in [0, 0.05) is 37.9 Å². The van der Waals surface area contributed by atoms with Crippen molar-refractivity contribution in [3.63, 3.8) is 0 Å². The van der Waals surface area contributed by atoms with Crippen LogP contribution in [0.15, 0.2) is 12.1 Å². The molecular formula is C24H35N5O2. The van der Waals surface area contributed by atoms with Crippen molar-refractivity contribution < 1.29 is 9.59 Å². The quantitative estimate of drug-likeness (QED) is 0.814. The molecule has 2 aliphatic rings. The number of likely N-dealkylation sites (tertiary alicyclic amines) is 1. The number of ketones is 1. The van der Waals surface area contributed by atoms with Gasteiger partial charge in [0.2, 0.25) is 0 Å². The van der Waals surface area contributed by atoms with Crippen molar-refractivity contribution >= 4 is 28.4 Å². The maximum Gasteiger partial charge on any atom is 0.290 e. The van der Waals surface area contributed by atoms with Gasteiger partial charge in [0.25, 0.3) is 5.91 Å². The monoisotopic (exact) mass is 425 g/mol. The van der Waals surface area contributed by atoms with Crippen LogP contribution in [0.25, 0.3) is 11.0 Å². The molecule has 31 heavy (non-hydrogen) atoms. The average molecular weight is 426 g/mol. The minimum Gasteiger partial charge on any atom is -0.366 e. The molecule has 4 rings (SSSR count). The second kappa shape index (κ2) is 8.61. The molecule has 1 aromatic carbocycles. The van der Waals surface area contributed by atoms with Gasteiger partial charge in [-0.05, 0) is 63.8 Å². The summed E-state index contributed by atoms with van der Waals surface area (Å²) in [5.74, 6) is 0.659. The van der Waals surface area contributed by atoms with Gasteiger partial charge in [-0.25, -0.2) is 4.98 Å². The summed E-state index contributed by atoms with van der Waals surface area (Å²) in [4.78, 5) is 39.9. The van der Waals surface area contributed by atoms with Crippen molar-refractivity contribution in [3.05, 3.63) is 23.5 Å². The number of piperazine rings is 1. The first-order valence-corrected chi connectivity index (χ1v) is 11.6. The topological polar surface area (TPSA) is 72.5 Å². The maximum absolute atomic E-state index is 13.2. The number of aryl methyl sites for hydroxylation is 1. The standard InChI is InChI=1S/C24H35N5O2/c1-6-27-9-10-28(17(4)14-27)21-13-20-19(12-16(21)3)25-23(26-20)24(31)29-8-7-15(2)11-22(29)18(5)30/h12-13,15,17,22H,6-11,14H2,1-5H3,(H,25,26)/t15?,17-,22?/m1/s1. The van der Waals surface area contributed by atoms with E-state index in [-0.39, 0.29) is 17.7 Å². The molecule has 0 saturated carbocycles.